The van der Waals surface area contributed by atoms with Crippen LogP contribution >= 0.6 is 0 Å². The zero-order valence-corrected chi connectivity index (χ0v) is 13.6. The summed E-state index contributed by atoms with van der Waals surface area (Å²) in [6.45, 7) is 2.25. The van der Waals surface area contributed by atoms with Gasteiger partial charge in [0.05, 0.1) is 0 Å². The number of amides is 1. The third-order valence-electron chi connectivity index (χ3n) is 4.05. The molecular weight excluding hydrogens is 298 g/mol. The molecule has 1 aliphatic rings. The Balaban J connectivity index is 1.81. The molecule has 0 saturated carbocycles. The summed E-state index contributed by atoms with van der Waals surface area (Å²) in [4.78, 5) is 24.3. The number of hydrogen-bond donors (Lipinski definition) is 1. The maximum Gasteiger partial charge on any atom is 0.303 e. The average Bonchev–Trinajstić information content (AvgIpc) is 2.97. The molecule has 1 atom stereocenters. The Bertz CT molecular complexity index is 572. The van der Waals surface area contributed by atoms with Crippen molar-refractivity contribution in [2.75, 3.05) is 13.8 Å². The molecule has 1 heterocycles. The van der Waals surface area contributed by atoms with Gasteiger partial charge in [0.15, 0.2) is 11.5 Å². The Labute approximate surface area is 136 Å². The molecule has 1 aromatic carbocycles. The van der Waals surface area contributed by atoms with Gasteiger partial charge in [-0.05, 0) is 43.9 Å². The number of hydrogen-bond acceptors (Lipinski definition) is 4. The Hall–Kier alpha value is -2.24. The lowest BCUT2D eigenvalue weighted by atomic mass is 10.0. The minimum absolute atomic E-state index is 0.0450. The van der Waals surface area contributed by atoms with Gasteiger partial charge >= 0.3 is 5.97 Å². The van der Waals surface area contributed by atoms with Crippen LogP contribution in [0.25, 0.3) is 0 Å². The summed E-state index contributed by atoms with van der Waals surface area (Å²) in [5.41, 5.74) is 1.09. The first-order valence-corrected chi connectivity index (χ1v) is 7.83. The van der Waals surface area contributed by atoms with Crippen LogP contribution in [0.3, 0.4) is 0 Å². The summed E-state index contributed by atoms with van der Waals surface area (Å²) in [7, 11) is 1.79. The lowest BCUT2D eigenvalue weighted by Gasteiger charge is -2.25. The van der Waals surface area contributed by atoms with Gasteiger partial charge in [0.2, 0.25) is 12.7 Å². The van der Waals surface area contributed by atoms with Crippen LogP contribution in [-0.4, -0.2) is 41.8 Å². The number of carbonyl (C=O) groups is 2. The normalized spacial score (nSPS) is 13.7. The van der Waals surface area contributed by atoms with E-state index >= 15 is 0 Å². The molecule has 1 amide bonds. The number of unbranched alkanes of at least 4 members (excludes halogenated alkanes) is 1. The van der Waals surface area contributed by atoms with Gasteiger partial charge in [-0.1, -0.05) is 6.07 Å². The van der Waals surface area contributed by atoms with Crippen LogP contribution in [0.15, 0.2) is 18.2 Å². The van der Waals surface area contributed by atoms with Crippen LogP contribution in [0.4, 0.5) is 0 Å². The average molecular weight is 321 g/mol. The SMILES string of the molecule is CC(Cc1ccc2c(c1)OCO2)N(C)C(=O)CCCCC(=O)O. The molecule has 1 aromatic rings. The molecule has 1 unspecified atom stereocenters. The molecule has 0 fully saturated rings. The van der Waals surface area contributed by atoms with Gasteiger partial charge in [-0.25, -0.2) is 0 Å². The van der Waals surface area contributed by atoms with Crippen molar-refractivity contribution in [1.82, 2.24) is 4.90 Å². The van der Waals surface area contributed by atoms with E-state index in [1.165, 1.54) is 0 Å². The predicted octanol–water partition coefficient (Wildman–Crippen LogP) is 2.45. The van der Waals surface area contributed by atoms with Crippen LogP contribution in [0.2, 0.25) is 0 Å². The van der Waals surface area contributed by atoms with Gasteiger partial charge in [0.25, 0.3) is 0 Å². The monoisotopic (exact) mass is 321 g/mol. The van der Waals surface area contributed by atoms with Crippen molar-refractivity contribution >= 4 is 11.9 Å². The highest BCUT2D eigenvalue weighted by molar-refractivity contribution is 5.76. The van der Waals surface area contributed by atoms with Crippen molar-refractivity contribution in [3.63, 3.8) is 0 Å². The van der Waals surface area contributed by atoms with E-state index in [0.29, 0.717) is 19.3 Å². The molecule has 6 nitrogen and oxygen atoms in total. The molecule has 0 aromatic heterocycles. The topological polar surface area (TPSA) is 76.1 Å². The third-order valence-corrected chi connectivity index (χ3v) is 4.05. The summed E-state index contributed by atoms with van der Waals surface area (Å²) in [6.07, 6.45) is 2.37. The van der Waals surface area contributed by atoms with E-state index in [-0.39, 0.29) is 25.2 Å². The van der Waals surface area contributed by atoms with Crippen molar-refractivity contribution in [3.8, 4) is 11.5 Å². The van der Waals surface area contributed by atoms with Crippen molar-refractivity contribution in [1.29, 1.82) is 0 Å². The molecule has 6 heteroatoms. The van der Waals surface area contributed by atoms with Crippen LogP contribution in [0, 0.1) is 0 Å². The smallest absolute Gasteiger partial charge is 0.303 e. The zero-order valence-electron chi connectivity index (χ0n) is 13.6. The van der Waals surface area contributed by atoms with E-state index in [2.05, 4.69) is 0 Å². The number of ether oxygens (including phenoxy) is 2. The molecule has 0 radical (unpaired) electrons. The fraction of sp³-hybridized carbons (Fsp3) is 0.529. The van der Waals surface area contributed by atoms with Crippen molar-refractivity contribution in [3.05, 3.63) is 23.8 Å². The third kappa shape index (κ3) is 4.87. The summed E-state index contributed by atoms with van der Waals surface area (Å²) >= 11 is 0. The van der Waals surface area contributed by atoms with Gasteiger partial charge in [-0.2, -0.15) is 0 Å². The zero-order chi connectivity index (χ0) is 16.8. The van der Waals surface area contributed by atoms with Crippen LogP contribution in [-0.2, 0) is 16.0 Å². The summed E-state index contributed by atoms with van der Waals surface area (Å²) in [5, 5.41) is 8.59. The summed E-state index contributed by atoms with van der Waals surface area (Å²) < 4.78 is 10.6. The Morgan fingerprint density at radius 2 is 1.91 bits per heavy atom. The summed E-state index contributed by atoms with van der Waals surface area (Å²) in [5.74, 6) is 0.729. The molecule has 0 bridgehead atoms. The standard InChI is InChI=1S/C17H23NO5/c1-12(18(2)16(19)5-3-4-6-17(20)21)9-13-7-8-14-15(10-13)23-11-22-14/h7-8,10,12H,3-6,9,11H2,1-2H3,(H,20,21). The second kappa shape index (κ2) is 7.85. The fourth-order valence-corrected chi connectivity index (χ4v) is 2.52. The quantitative estimate of drug-likeness (QED) is 0.744. The first-order chi connectivity index (χ1) is 11.0. The molecule has 23 heavy (non-hydrogen) atoms. The van der Waals surface area contributed by atoms with Gasteiger partial charge in [0, 0.05) is 25.9 Å². The van der Waals surface area contributed by atoms with E-state index in [1.54, 1.807) is 11.9 Å². The summed E-state index contributed by atoms with van der Waals surface area (Å²) in [6, 6.07) is 5.87. The highest BCUT2D eigenvalue weighted by Crippen LogP contribution is 2.32. The van der Waals surface area contributed by atoms with E-state index in [0.717, 1.165) is 23.5 Å². The number of rotatable bonds is 8. The molecule has 0 aliphatic carbocycles. The number of fused-ring (bicyclic) bond motifs is 1. The minimum Gasteiger partial charge on any atom is -0.481 e. The van der Waals surface area contributed by atoms with E-state index in [9.17, 15) is 9.59 Å². The molecule has 1 N–H and O–H groups in total. The minimum atomic E-state index is -0.818. The van der Waals surface area contributed by atoms with Crippen molar-refractivity contribution in [2.24, 2.45) is 0 Å². The second-order valence-electron chi connectivity index (χ2n) is 5.85. The lowest BCUT2D eigenvalue weighted by Crippen LogP contribution is -2.36. The number of aliphatic carboxylic acids is 1. The molecule has 1 aliphatic heterocycles. The maximum atomic E-state index is 12.1. The largest absolute Gasteiger partial charge is 0.481 e. The lowest BCUT2D eigenvalue weighted by molar-refractivity contribution is -0.137. The maximum absolute atomic E-state index is 12.1. The number of carboxylic acids is 1. The first kappa shape index (κ1) is 17.1. The number of nitrogens with zero attached hydrogens (tertiary/aromatic N) is 1. The Morgan fingerprint density at radius 3 is 2.65 bits per heavy atom. The number of carbonyl (C=O) groups excluding carboxylic acids is 1. The van der Waals surface area contributed by atoms with E-state index in [4.69, 9.17) is 14.6 Å². The van der Waals surface area contributed by atoms with Crippen molar-refractivity contribution < 1.29 is 24.2 Å². The van der Waals surface area contributed by atoms with Gasteiger partial charge < -0.3 is 19.5 Å². The van der Waals surface area contributed by atoms with Crippen molar-refractivity contribution in [2.45, 2.75) is 45.1 Å². The molecule has 2 rings (SSSR count). The molecule has 126 valence electrons. The van der Waals surface area contributed by atoms with Gasteiger partial charge in [-0.3, -0.25) is 9.59 Å². The number of benzene rings is 1. The highest BCUT2D eigenvalue weighted by Gasteiger charge is 2.18. The Morgan fingerprint density at radius 1 is 1.22 bits per heavy atom. The number of carboxylic acid groups (broad SMARTS) is 1. The Kier molecular flexibility index (Phi) is 5.84. The number of likely N-dealkylation sites (N-methyl/N-ethyl adjacent to an activating group) is 1. The highest BCUT2D eigenvalue weighted by atomic mass is 16.7. The van der Waals surface area contributed by atoms with Crippen LogP contribution < -0.4 is 9.47 Å². The second-order valence-corrected chi connectivity index (χ2v) is 5.85. The van der Waals surface area contributed by atoms with Crippen LogP contribution in [0.5, 0.6) is 11.5 Å². The van der Waals surface area contributed by atoms with E-state index in [1.807, 2.05) is 25.1 Å². The van der Waals surface area contributed by atoms with Crippen LogP contribution in [0.1, 0.15) is 38.2 Å². The molecule has 0 spiro atoms. The van der Waals surface area contributed by atoms with Gasteiger partial charge in [0.1, 0.15) is 0 Å². The fourth-order valence-electron chi connectivity index (χ4n) is 2.52. The van der Waals surface area contributed by atoms with Gasteiger partial charge in [-0.15, -0.1) is 0 Å². The molecule has 0 saturated heterocycles. The first-order valence-electron chi connectivity index (χ1n) is 7.83. The predicted molar refractivity (Wildman–Crippen MR) is 84.6 cm³/mol. The molecular formula is C17H23NO5. The van der Waals surface area contributed by atoms with E-state index < -0.39 is 5.97 Å².